The second kappa shape index (κ2) is 7.69. The second-order valence-electron chi connectivity index (χ2n) is 5.91. The number of aromatic nitrogens is 2. The van der Waals surface area contributed by atoms with Gasteiger partial charge in [0, 0.05) is 36.8 Å². The fourth-order valence-electron chi connectivity index (χ4n) is 2.83. The molecule has 0 aliphatic carbocycles. The van der Waals surface area contributed by atoms with Crippen LogP contribution in [0.3, 0.4) is 0 Å². The van der Waals surface area contributed by atoms with Crippen molar-refractivity contribution in [2.24, 2.45) is 0 Å². The van der Waals surface area contributed by atoms with Gasteiger partial charge in [-0.1, -0.05) is 6.07 Å². The number of carbonyl (C=O) groups is 2. The SMILES string of the molecule is Nc1ncc(Br)cc1C(=O)c1cccc(N2CCCN(C(=O)O)CC2)n1. The molecule has 1 aliphatic heterocycles. The van der Waals surface area contributed by atoms with E-state index in [0.29, 0.717) is 42.9 Å². The summed E-state index contributed by atoms with van der Waals surface area (Å²) in [6.07, 6.45) is 1.32. The average Bonchev–Trinajstić information content (AvgIpc) is 2.89. The van der Waals surface area contributed by atoms with E-state index in [0.717, 1.165) is 0 Å². The first-order valence-corrected chi connectivity index (χ1v) is 8.90. The molecule has 26 heavy (non-hydrogen) atoms. The maximum absolute atomic E-state index is 12.8. The van der Waals surface area contributed by atoms with Crippen LogP contribution >= 0.6 is 15.9 Å². The standard InChI is InChI=1S/C17H18BrN5O3/c18-11-9-12(16(19)20-10-11)15(24)13-3-1-4-14(21-13)22-5-2-6-23(8-7-22)17(25)26/h1,3-4,9-10H,2,5-8H2,(H2,19,20)(H,25,26). The molecule has 9 heteroatoms. The van der Waals surface area contributed by atoms with Crippen LogP contribution in [0.25, 0.3) is 0 Å². The maximum atomic E-state index is 12.8. The summed E-state index contributed by atoms with van der Waals surface area (Å²) in [6.45, 7) is 2.09. The van der Waals surface area contributed by atoms with Crippen molar-refractivity contribution in [2.75, 3.05) is 36.8 Å². The van der Waals surface area contributed by atoms with Crippen molar-refractivity contribution in [1.82, 2.24) is 14.9 Å². The number of amides is 1. The Morgan fingerprint density at radius 1 is 1.19 bits per heavy atom. The van der Waals surface area contributed by atoms with E-state index in [2.05, 4.69) is 25.9 Å². The first kappa shape index (κ1) is 18.1. The highest BCUT2D eigenvalue weighted by molar-refractivity contribution is 9.10. The Bertz CT molecular complexity index is 845. The van der Waals surface area contributed by atoms with Crippen LogP contribution in [0.1, 0.15) is 22.5 Å². The van der Waals surface area contributed by atoms with Crippen LogP contribution in [-0.4, -0.2) is 58.0 Å². The maximum Gasteiger partial charge on any atom is 0.407 e. The van der Waals surface area contributed by atoms with Crippen LogP contribution in [0.15, 0.2) is 34.9 Å². The average molecular weight is 420 g/mol. The molecule has 8 nitrogen and oxygen atoms in total. The molecule has 1 fully saturated rings. The van der Waals surface area contributed by atoms with Crippen LogP contribution in [0.5, 0.6) is 0 Å². The number of hydrogen-bond donors (Lipinski definition) is 2. The number of halogens is 1. The summed E-state index contributed by atoms with van der Waals surface area (Å²) in [5.74, 6) is 0.488. The summed E-state index contributed by atoms with van der Waals surface area (Å²) in [5, 5.41) is 9.14. The van der Waals surface area contributed by atoms with Gasteiger partial charge in [-0.15, -0.1) is 0 Å². The topological polar surface area (TPSA) is 113 Å². The Balaban J connectivity index is 1.83. The van der Waals surface area contributed by atoms with Crippen molar-refractivity contribution in [3.8, 4) is 0 Å². The third-order valence-electron chi connectivity index (χ3n) is 4.19. The molecule has 2 aromatic heterocycles. The van der Waals surface area contributed by atoms with E-state index in [9.17, 15) is 9.59 Å². The number of carbonyl (C=O) groups excluding carboxylic acids is 1. The third kappa shape index (κ3) is 3.93. The number of carboxylic acid groups (broad SMARTS) is 1. The predicted octanol–water partition coefficient (Wildman–Crippen LogP) is 2.24. The van der Waals surface area contributed by atoms with Gasteiger partial charge in [-0.2, -0.15) is 0 Å². The number of ketones is 1. The Morgan fingerprint density at radius 3 is 2.77 bits per heavy atom. The van der Waals surface area contributed by atoms with Crippen LogP contribution in [0.4, 0.5) is 16.4 Å². The fraction of sp³-hybridized carbons (Fsp3) is 0.294. The summed E-state index contributed by atoms with van der Waals surface area (Å²) >= 11 is 3.29. The van der Waals surface area contributed by atoms with E-state index < -0.39 is 6.09 Å². The first-order valence-electron chi connectivity index (χ1n) is 8.11. The highest BCUT2D eigenvalue weighted by Crippen LogP contribution is 2.21. The Morgan fingerprint density at radius 2 is 2.00 bits per heavy atom. The van der Waals surface area contributed by atoms with E-state index in [1.54, 1.807) is 18.2 Å². The van der Waals surface area contributed by atoms with Gasteiger partial charge in [0.25, 0.3) is 0 Å². The molecule has 0 spiro atoms. The summed E-state index contributed by atoms with van der Waals surface area (Å²) in [6, 6.07) is 6.83. The Hall–Kier alpha value is -2.68. The molecular formula is C17H18BrN5O3. The normalized spacial score (nSPS) is 14.8. The first-order chi connectivity index (χ1) is 12.5. The molecule has 3 rings (SSSR count). The molecule has 0 radical (unpaired) electrons. The van der Waals surface area contributed by atoms with Crippen molar-refractivity contribution >= 4 is 39.4 Å². The van der Waals surface area contributed by atoms with Crippen molar-refractivity contribution in [1.29, 1.82) is 0 Å². The minimum atomic E-state index is -0.915. The molecule has 0 aromatic carbocycles. The fourth-order valence-corrected chi connectivity index (χ4v) is 3.16. The van der Waals surface area contributed by atoms with Gasteiger partial charge in [0.1, 0.15) is 17.3 Å². The number of hydrogen-bond acceptors (Lipinski definition) is 6. The number of nitrogens with zero attached hydrogens (tertiary/aromatic N) is 4. The number of pyridine rings is 2. The lowest BCUT2D eigenvalue weighted by Gasteiger charge is -2.22. The van der Waals surface area contributed by atoms with Crippen LogP contribution in [-0.2, 0) is 0 Å². The molecule has 2 aromatic rings. The molecule has 0 unspecified atom stereocenters. The zero-order valence-electron chi connectivity index (χ0n) is 13.9. The van der Waals surface area contributed by atoms with Crippen LogP contribution < -0.4 is 10.6 Å². The minimum Gasteiger partial charge on any atom is -0.465 e. The lowest BCUT2D eigenvalue weighted by atomic mass is 10.1. The highest BCUT2D eigenvalue weighted by atomic mass is 79.9. The van der Waals surface area contributed by atoms with E-state index >= 15 is 0 Å². The second-order valence-corrected chi connectivity index (χ2v) is 6.82. The Kier molecular flexibility index (Phi) is 5.36. The molecular weight excluding hydrogens is 402 g/mol. The van der Waals surface area contributed by atoms with Crippen molar-refractivity contribution in [3.05, 3.63) is 46.2 Å². The summed E-state index contributed by atoms with van der Waals surface area (Å²) in [5.41, 5.74) is 6.38. The molecule has 136 valence electrons. The van der Waals surface area contributed by atoms with Gasteiger partial charge >= 0.3 is 6.09 Å². The monoisotopic (exact) mass is 419 g/mol. The van der Waals surface area contributed by atoms with Crippen LogP contribution in [0, 0.1) is 0 Å². The van der Waals surface area contributed by atoms with Gasteiger partial charge in [0.2, 0.25) is 5.78 Å². The summed E-state index contributed by atoms with van der Waals surface area (Å²) in [7, 11) is 0. The van der Waals surface area contributed by atoms with E-state index in [4.69, 9.17) is 10.8 Å². The van der Waals surface area contributed by atoms with Crippen molar-refractivity contribution in [3.63, 3.8) is 0 Å². The van der Waals surface area contributed by atoms with E-state index in [-0.39, 0.29) is 22.9 Å². The summed E-state index contributed by atoms with van der Waals surface area (Å²) in [4.78, 5) is 35.7. The van der Waals surface area contributed by atoms with Gasteiger partial charge in [-0.3, -0.25) is 4.79 Å². The van der Waals surface area contributed by atoms with E-state index in [1.165, 1.54) is 11.1 Å². The molecule has 0 bridgehead atoms. The lowest BCUT2D eigenvalue weighted by molar-refractivity contribution is 0.103. The smallest absolute Gasteiger partial charge is 0.407 e. The van der Waals surface area contributed by atoms with Gasteiger partial charge in [0.05, 0.1) is 5.56 Å². The lowest BCUT2D eigenvalue weighted by Crippen LogP contribution is -2.34. The molecule has 3 heterocycles. The zero-order chi connectivity index (χ0) is 18.7. The largest absolute Gasteiger partial charge is 0.465 e. The zero-order valence-corrected chi connectivity index (χ0v) is 15.5. The molecule has 1 saturated heterocycles. The quantitative estimate of drug-likeness (QED) is 0.733. The minimum absolute atomic E-state index is 0.150. The van der Waals surface area contributed by atoms with Gasteiger partial charge < -0.3 is 20.6 Å². The van der Waals surface area contributed by atoms with Crippen LogP contribution in [0.2, 0.25) is 0 Å². The highest BCUT2D eigenvalue weighted by Gasteiger charge is 2.21. The van der Waals surface area contributed by atoms with Crippen molar-refractivity contribution < 1.29 is 14.7 Å². The third-order valence-corrected chi connectivity index (χ3v) is 4.62. The van der Waals surface area contributed by atoms with Gasteiger partial charge in [-0.25, -0.2) is 14.8 Å². The molecule has 1 aliphatic rings. The number of anilines is 2. The molecule has 0 saturated carbocycles. The molecule has 3 N–H and O–H groups in total. The molecule has 1 amide bonds. The number of nitrogen functional groups attached to an aromatic ring is 1. The van der Waals surface area contributed by atoms with Gasteiger partial charge in [-0.05, 0) is 40.5 Å². The number of nitrogens with two attached hydrogens (primary N) is 1. The summed E-state index contributed by atoms with van der Waals surface area (Å²) < 4.78 is 0.660. The predicted molar refractivity (Wildman–Crippen MR) is 100 cm³/mol. The number of rotatable bonds is 3. The van der Waals surface area contributed by atoms with Crippen molar-refractivity contribution in [2.45, 2.75) is 6.42 Å². The van der Waals surface area contributed by atoms with E-state index in [1.807, 2.05) is 11.0 Å². The van der Waals surface area contributed by atoms with Gasteiger partial charge in [0.15, 0.2) is 0 Å². The molecule has 0 atom stereocenters. The Labute approximate surface area is 158 Å².